The van der Waals surface area contributed by atoms with Gasteiger partial charge in [0.1, 0.15) is 5.54 Å². The zero-order valence-electron chi connectivity index (χ0n) is 14.4. The minimum Gasteiger partial charge on any atom is -0.477 e. The van der Waals surface area contributed by atoms with E-state index in [-0.39, 0.29) is 17.2 Å². The molecule has 1 unspecified atom stereocenters. The molecule has 0 fully saturated rings. The van der Waals surface area contributed by atoms with Crippen molar-refractivity contribution in [3.63, 3.8) is 0 Å². The molecule has 9 nitrogen and oxygen atoms in total. The highest BCUT2D eigenvalue weighted by molar-refractivity contribution is 5.90. The summed E-state index contributed by atoms with van der Waals surface area (Å²) >= 11 is 0. The molecule has 0 bridgehead atoms. The molecule has 0 saturated carbocycles. The van der Waals surface area contributed by atoms with Gasteiger partial charge in [0.05, 0.1) is 23.7 Å². The summed E-state index contributed by atoms with van der Waals surface area (Å²) in [6, 6.07) is 5.53. The fourth-order valence-electron chi connectivity index (χ4n) is 1.80. The first-order valence-electron chi connectivity index (χ1n) is 7.36. The van der Waals surface area contributed by atoms with Gasteiger partial charge in [-0.1, -0.05) is 13.8 Å². The van der Waals surface area contributed by atoms with E-state index in [1.54, 1.807) is 20.8 Å². The lowest BCUT2D eigenvalue weighted by molar-refractivity contribution is -0.385. The van der Waals surface area contributed by atoms with Gasteiger partial charge < -0.3 is 14.8 Å². The molecule has 0 aliphatic carbocycles. The number of nitro benzene ring substituents is 1. The van der Waals surface area contributed by atoms with Gasteiger partial charge in [0.15, 0.2) is 12.4 Å². The molecule has 1 aromatic carbocycles. The molecule has 0 saturated heterocycles. The molecule has 0 aliphatic heterocycles. The molecule has 0 aromatic heterocycles. The zero-order chi connectivity index (χ0) is 19.2. The topological polar surface area (TPSA) is 132 Å². The van der Waals surface area contributed by atoms with E-state index in [0.717, 1.165) is 13.2 Å². The fourth-order valence-corrected chi connectivity index (χ4v) is 1.80. The average molecular weight is 349 g/mol. The minimum atomic E-state index is -1.08. The maximum absolute atomic E-state index is 12.0. The van der Waals surface area contributed by atoms with Crippen molar-refractivity contribution < 1.29 is 24.0 Å². The third kappa shape index (κ3) is 4.91. The predicted molar refractivity (Wildman–Crippen MR) is 86.9 cm³/mol. The number of hydrogen-bond acceptors (Lipinski definition) is 7. The smallest absolute Gasteiger partial charge is 0.338 e. The third-order valence-corrected chi connectivity index (χ3v) is 3.72. The summed E-state index contributed by atoms with van der Waals surface area (Å²) in [6.07, 6.45) is 0. The number of nitrogens with zero attached hydrogens (tertiary/aromatic N) is 2. The van der Waals surface area contributed by atoms with Gasteiger partial charge in [-0.2, -0.15) is 5.26 Å². The van der Waals surface area contributed by atoms with Gasteiger partial charge in [-0.15, -0.1) is 0 Å². The van der Waals surface area contributed by atoms with E-state index in [9.17, 15) is 25.0 Å². The Labute approximate surface area is 144 Å². The van der Waals surface area contributed by atoms with Crippen molar-refractivity contribution in [2.24, 2.45) is 5.92 Å². The molecule has 0 spiro atoms. The van der Waals surface area contributed by atoms with Crippen LogP contribution >= 0.6 is 0 Å². The summed E-state index contributed by atoms with van der Waals surface area (Å²) in [5, 5.41) is 22.8. The highest BCUT2D eigenvalue weighted by Gasteiger charge is 2.30. The normalized spacial score (nSPS) is 12.6. The van der Waals surface area contributed by atoms with Crippen LogP contribution in [-0.4, -0.2) is 36.1 Å². The Morgan fingerprint density at radius 3 is 2.56 bits per heavy atom. The van der Waals surface area contributed by atoms with Gasteiger partial charge >= 0.3 is 11.7 Å². The lowest BCUT2D eigenvalue weighted by Gasteiger charge is -2.27. The van der Waals surface area contributed by atoms with Crippen molar-refractivity contribution in [2.75, 3.05) is 13.7 Å². The molecule has 1 aromatic rings. The van der Waals surface area contributed by atoms with Crippen molar-refractivity contribution >= 4 is 17.6 Å². The van der Waals surface area contributed by atoms with Gasteiger partial charge in [-0.25, -0.2) is 4.79 Å². The van der Waals surface area contributed by atoms with Gasteiger partial charge in [-0.3, -0.25) is 14.9 Å². The zero-order valence-corrected chi connectivity index (χ0v) is 14.4. The van der Waals surface area contributed by atoms with Crippen molar-refractivity contribution in [2.45, 2.75) is 26.3 Å². The standard InChI is InChI=1S/C16H19N3O6/c1-10(2)16(3,9-17)18-14(20)8-25-13-6-5-11(15(21)24-4)7-12(13)19(22)23/h5-7,10H,8H2,1-4H3,(H,18,20). The van der Waals surface area contributed by atoms with Crippen LogP contribution in [0.2, 0.25) is 0 Å². The lowest BCUT2D eigenvalue weighted by atomic mass is 9.90. The molecule has 0 radical (unpaired) electrons. The molecule has 1 atom stereocenters. The summed E-state index contributed by atoms with van der Waals surface area (Å²) in [4.78, 5) is 33.8. The number of esters is 1. The molecule has 0 aliphatic rings. The van der Waals surface area contributed by atoms with E-state index in [1.807, 2.05) is 6.07 Å². The van der Waals surface area contributed by atoms with E-state index in [1.165, 1.54) is 12.1 Å². The Kier molecular flexibility index (Phi) is 6.45. The van der Waals surface area contributed by atoms with Crippen LogP contribution in [0.5, 0.6) is 5.75 Å². The quantitative estimate of drug-likeness (QED) is 0.451. The number of nitriles is 1. The number of rotatable bonds is 7. The Morgan fingerprint density at radius 2 is 2.08 bits per heavy atom. The van der Waals surface area contributed by atoms with Crippen LogP contribution in [-0.2, 0) is 9.53 Å². The van der Waals surface area contributed by atoms with E-state index < -0.39 is 34.6 Å². The molecule has 9 heteroatoms. The Balaban J connectivity index is 2.90. The average Bonchev–Trinajstić information content (AvgIpc) is 2.58. The molecule has 0 heterocycles. The Hall–Kier alpha value is -3.15. The molecular weight excluding hydrogens is 330 g/mol. The van der Waals surface area contributed by atoms with Gasteiger partial charge in [0.2, 0.25) is 0 Å². The summed E-state index contributed by atoms with van der Waals surface area (Å²) < 4.78 is 9.69. The Morgan fingerprint density at radius 1 is 1.44 bits per heavy atom. The van der Waals surface area contributed by atoms with Gasteiger partial charge in [0.25, 0.3) is 5.91 Å². The van der Waals surface area contributed by atoms with E-state index >= 15 is 0 Å². The summed E-state index contributed by atoms with van der Waals surface area (Å²) in [5.74, 6) is -1.63. The first-order valence-corrected chi connectivity index (χ1v) is 7.36. The number of carbonyl (C=O) groups excluding carboxylic acids is 2. The van der Waals surface area contributed by atoms with Crippen LogP contribution in [0.25, 0.3) is 0 Å². The van der Waals surface area contributed by atoms with Crippen molar-refractivity contribution in [3.05, 3.63) is 33.9 Å². The summed E-state index contributed by atoms with van der Waals surface area (Å²) in [6.45, 7) is 4.62. The fraction of sp³-hybridized carbons (Fsp3) is 0.438. The predicted octanol–water partition coefficient (Wildman–Crippen LogP) is 1.81. The highest BCUT2D eigenvalue weighted by atomic mass is 16.6. The van der Waals surface area contributed by atoms with E-state index in [0.29, 0.717) is 0 Å². The molecule has 134 valence electrons. The van der Waals surface area contributed by atoms with E-state index in [2.05, 4.69) is 10.1 Å². The second kappa shape index (κ2) is 8.10. The number of hydrogen-bond donors (Lipinski definition) is 1. The number of ether oxygens (including phenoxy) is 2. The summed E-state index contributed by atoms with van der Waals surface area (Å²) in [7, 11) is 1.16. The first-order chi connectivity index (χ1) is 11.6. The summed E-state index contributed by atoms with van der Waals surface area (Å²) in [5.41, 5.74) is -1.56. The maximum atomic E-state index is 12.0. The monoisotopic (exact) mass is 349 g/mol. The molecule has 1 amide bonds. The largest absolute Gasteiger partial charge is 0.477 e. The SMILES string of the molecule is COC(=O)c1ccc(OCC(=O)NC(C)(C#N)C(C)C)c([N+](=O)[O-])c1. The van der Waals surface area contributed by atoms with Crippen molar-refractivity contribution in [1.29, 1.82) is 5.26 Å². The molecule has 1 rings (SSSR count). The number of nitro groups is 1. The van der Waals surface area contributed by atoms with Crippen molar-refractivity contribution in [3.8, 4) is 11.8 Å². The molecule has 1 N–H and O–H groups in total. The first kappa shape index (κ1) is 19.9. The molecule has 25 heavy (non-hydrogen) atoms. The Bertz CT molecular complexity index is 725. The van der Waals surface area contributed by atoms with Crippen LogP contribution in [0, 0.1) is 27.4 Å². The maximum Gasteiger partial charge on any atom is 0.338 e. The number of carbonyl (C=O) groups is 2. The second-order valence-electron chi connectivity index (χ2n) is 5.74. The van der Waals surface area contributed by atoms with Crippen molar-refractivity contribution in [1.82, 2.24) is 5.32 Å². The van der Waals surface area contributed by atoms with Crippen LogP contribution in [0.4, 0.5) is 5.69 Å². The highest BCUT2D eigenvalue weighted by Crippen LogP contribution is 2.28. The number of benzene rings is 1. The number of amides is 1. The molecular formula is C16H19N3O6. The third-order valence-electron chi connectivity index (χ3n) is 3.72. The van der Waals surface area contributed by atoms with Crippen LogP contribution in [0.15, 0.2) is 18.2 Å². The second-order valence-corrected chi connectivity index (χ2v) is 5.74. The van der Waals surface area contributed by atoms with Crippen LogP contribution in [0.3, 0.4) is 0 Å². The lowest BCUT2D eigenvalue weighted by Crippen LogP contribution is -2.50. The number of nitrogens with one attached hydrogen (secondary N) is 1. The minimum absolute atomic E-state index is 0.0112. The number of methoxy groups -OCH3 is 1. The van der Waals surface area contributed by atoms with Gasteiger partial charge in [-0.05, 0) is 25.0 Å². The van der Waals surface area contributed by atoms with Gasteiger partial charge in [0, 0.05) is 6.07 Å². The van der Waals surface area contributed by atoms with Crippen LogP contribution < -0.4 is 10.1 Å². The van der Waals surface area contributed by atoms with Crippen LogP contribution in [0.1, 0.15) is 31.1 Å². The van der Waals surface area contributed by atoms with E-state index in [4.69, 9.17) is 4.74 Å².